The van der Waals surface area contributed by atoms with Crippen molar-refractivity contribution in [1.29, 1.82) is 0 Å². The van der Waals surface area contributed by atoms with Gasteiger partial charge in [-0.15, -0.1) is 0 Å². The number of nitrogens with one attached hydrogen (secondary N) is 1. The Balaban J connectivity index is 1.56. The van der Waals surface area contributed by atoms with Gasteiger partial charge in [0.15, 0.2) is 5.76 Å². The molecule has 0 aromatic carbocycles. The summed E-state index contributed by atoms with van der Waals surface area (Å²) in [5.74, 6) is 0.348. The maximum Gasteiger partial charge on any atom is 0.433 e. The fourth-order valence-electron chi connectivity index (χ4n) is 3.59. The first-order valence-electron chi connectivity index (χ1n) is 7.09. The second kappa shape index (κ2) is 4.98. The summed E-state index contributed by atoms with van der Waals surface area (Å²) < 4.78 is 4.92. The lowest BCUT2D eigenvalue weighted by molar-refractivity contribution is -0.402. The van der Waals surface area contributed by atoms with E-state index in [2.05, 4.69) is 17.5 Å². The molecule has 7 nitrogen and oxygen atoms in total. The summed E-state index contributed by atoms with van der Waals surface area (Å²) >= 11 is 0. The molecule has 3 atom stereocenters. The molecule has 1 N–H and O–H groups in total. The molecule has 1 aromatic rings. The number of rotatable bonds is 4. The van der Waals surface area contributed by atoms with Crippen molar-refractivity contribution in [3.63, 3.8) is 0 Å². The van der Waals surface area contributed by atoms with Crippen LogP contribution in [0.4, 0.5) is 5.88 Å². The van der Waals surface area contributed by atoms with E-state index in [1.807, 2.05) is 0 Å². The van der Waals surface area contributed by atoms with Gasteiger partial charge in [0, 0.05) is 5.92 Å². The topological polar surface area (TPSA) is 97.7 Å². The van der Waals surface area contributed by atoms with E-state index >= 15 is 0 Å². The highest BCUT2D eigenvalue weighted by Gasteiger charge is 2.64. The van der Waals surface area contributed by atoms with Crippen LogP contribution in [0.1, 0.15) is 38.4 Å². The molecule has 1 amide bonds. The molecule has 0 bridgehead atoms. The lowest BCUT2D eigenvalue weighted by Crippen LogP contribution is -2.22. The molecule has 0 radical (unpaired) electrons. The van der Waals surface area contributed by atoms with Crippen LogP contribution in [-0.2, 0) is 4.79 Å². The minimum atomic E-state index is -0.619. The van der Waals surface area contributed by atoms with Crippen molar-refractivity contribution in [2.75, 3.05) is 0 Å². The predicted molar refractivity (Wildman–Crippen MR) is 74.7 cm³/mol. The van der Waals surface area contributed by atoms with Crippen LogP contribution in [0.15, 0.2) is 21.7 Å². The van der Waals surface area contributed by atoms with Gasteiger partial charge in [-0.1, -0.05) is 19.8 Å². The van der Waals surface area contributed by atoms with Crippen molar-refractivity contribution in [3.05, 3.63) is 28.0 Å². The highest BCUT2D eigenvalue weighted by molar-refractivity contribution is 5.85. The number of fused-ring (bicyclic) bond motifs is 1. The molecule has 1 heterocycles. The Morgan fingerprint density at radius 2 is 2.38 bits per heavy atom. The zero-order valence-corrected chi connectivity index (χ0v) is 11.7. The van der Waals surface area contributed by atoms with Gasteiger partial charge in [-0.3, -0.25) is 14.9 Å². The standard InChI is InChI=1S/C14H17N3O4/c1-14-7-3-2-4-10(14)12(14)13(18)16-15-8-9-5-6-11(21-9)17(19)20/h5-6,8,10,12H,2-4,7H2,1H3,(H,16,18). The molecule has 0 saturated heterocycles. The van der Waals surface area contributed by atoms with Gasteiger partial charge in [-0.2, -0.15) is 5.10 Å². The number of amides is 1. The average Bonchev–Trinajstić information content (AvgIpc) is 2.80. The van der Waals surface area contributed by atoms with Crippen LogP contribution in [-0.4, -0.2) is 17.0 Å². The third-order valence-corrected chi connectivity index (χ3v) is 4.77. The first-order chi connectivity index (χ1) is 10.0. The smallest absolute Gasteiger partial charge is 0.400 e. The molecular formula is C14H17N3O4. The molecule has 2 aliphatic rings. The lowest BCUT2D eigenvalue weighted by atomic mass is 9.90. The average molecular weight is 291 g/mol. The predicted octanol–water partition coefficient (Wildman–Crippen LogP) is 2.46. The lowest BCUT2D eigenvalue weighted by Gasteiger charge is -2.15. The first-order valence-corrected chi connectivity index (χ1v) is 7.09. The number of hydrogen-bond acceptors (Lipinski definition) is 5. The summed E-state index contributed by atoms with van der Waals surface area (Å²) in [6.07, 6.45) is 5.88. The molecule has 21 heavy (non-hydrogen) atoms. The van der Waals surface area contributed by atoms with Crippen LogP contribution < -0.4 is 5.43 Å². The summed E-state index contributed by atoms with van der Waals surface area (Å²) in [4.78, 5) is 22.0. The largest absolute Gasteiger partial charge is 0.433 e. The summed E-state index contributed by atoms with van der Waals surface area (Å²) in [5, 5.41) is 14.3. The number of hydrogen-bond donors (Lipinski definition) is 1. The molecule has 0 aliphatic heterocycles. The minimum Gasteiger partial charge on any atom is -0.400 e. The van der Waals surface area contributed by atoms with Gasteiger partial charge >= 0.3 is 5.88 Å². The fraction of sp³-hybridized carbons (Fsp3) is 0.571. The van der Waals surface area contributed by atoms with Gasteiger partial charge in [0.2, 0.25) is 5.91 Å². The fourth-order valence-corrected chi connectivity index (χ4v) is 3.59. The SMILES string of the molecule is CC12CCCCC1C2C(=O)NN=Cc1ccc([N+](=O)[O-])o1. The maximum absolute atomic E-state index is 12.1. The zero-order chi connectivity index (χ0) is 15.0. The monoisotopic (exact) mass is 291 g/mol. The van der Waals surface area contributed by atoms with Gasteiger partial charge in [-0.05, 0) is 30.2 Å². The van der Waals surface area contributed by atoms with Crippen LogP contribution in [0, 0.1) is 27.4 Å². The molecule has 0 spiro atoms. The molecule has 3 rings (SSSR count). The summed E-state index contributed by atoms with van der Waals surface area (Å²) in [7, 11) is 0. The van der Waals surface area contributed by atoms with Crippen LogP contribution in [0.3, 0.4) is 0 Å². The Bertz CT molecular complexity index is 609. The van der Waals surface area contributed by atoms with Gasteiger partial charge < -0.3 is 4.42 Å². The number of nitro groups is 1. The van der Waals surface area contributed by atoms with Crippen molar-refractivity contribution < 1.29 is 14.1 Å². The third kappa shape index (κ3) is 2.43. The number of furan rings is 1. The third-order valence-electron chi connectivity index (χ3n) is 4.77. The van der Waals surface area contributed by atoms with Crippen molar-refractivity contribution in [1.82, 2.24) is 5.43 Å². The summed E-state index contributed by atoms with van der Waals surface area (Å²) in [6, 6.07) is 2.69. The first kappa shape index (κ1) is 13.8. The Kier molecular flexibility index (Phi) is 3.27. The molecule has 2 saturated carbocycles. The number of carbonyl (C=O) groups excluding carboxylic acids is 1. The van der Waals surface area contributed by atoms with Crippen molar-refractivity contribution in [2.45, 2.75) is 32.6 Å². The quantitative estimate of drug-likeness (QED) is 0.523. The van der Waals surface area contributed by atoms with Crippen LogP contribution in [0.25, 0.3) is 0 Å². The van der Waals surface area contributed by atoms with Crippen LogP contribution >= 0.6 is 0 Å². The molecule has 3 unspecified atom stereocenters. The van der Waals surface area contributed by atoms with E-state index in [9.17, 15) is 14.9 Å². The van der Waals surface area contributed by atoms with Crippen molar-refractivity contribution in [3.8, 4) is 0 Å². The Morgan fingerprint density at radius 3 is 3.00 bits per heavy atom. The highest BCUT2D eigenvalue weighted by atomic mass is 16.6. The van der Waals surface area contributed by atoms with Crippen LogP contribution in [0.2, 0.25) is 0 Å². The van der Waals surface area contributed by atoms with Gasteiger partial charge in [-0.25, -0.2) is 5.43 Å². The number of carbonyl (C=O) groups is 1. The highest BCUT2D eigenvalue weighted by Crippen LogP contribution is 2.66. The second-order valence-corrected chi connectivity index (χ2v) is 6.00. The van der Waals surface area contributed by atoms with E-state index < -0.39 is 4.92 Å². The summed E-state index contributed by atoms with van der Waals surface area (Å²) in [5.41, 5.74) is 2.65. The summed E-state index contributed by atoms with van der Waals surface area (Å²) in [6.45, 7) is 2.17. The molecule has 2 fully saturated rings. The van der Waals surface area contributed by atoms with E-state index in [0.29, 0.717) is 5.92 Å². The maximum atomic E-state index is 12.1. The van der Waals surface area contributed by atoms with Crippen LogP contribution in [0.5, 0.6) is 0 Å². The Morgan fingerprint density at radius 1 is 1.57 bits per heavy atom. The minimum absolute atomic E-state index is 0.0445. The van der Waals surface area contributed by atoms with Crippen molar-refractivity contribution in [2.24, 2.45) is 22.4 Å². The van der Waals surface area contributed by atoms with Gasteiger partial charge in [0.05, 0.1) is 12.3 Å². The van der Waals surface area contributed by atoms with Gasteiger partial charge in [0.25, 0.3) is 0 Å². The second-order valence-electron chi connectivity index (χ2n) is 6.00. The number of nitrogens with zero attached hydrogens (tertiary/aromatic N) is 2. The van der Waals surface area contributed by atoms with Gasteiger partial charge in [0.1, 0.15) is 4.92 Å². The Labute approximate surface area is 121 Å². The van der Waals surface area contributed by atoms with E-state index in [1.165, 1.54) is 31.2 Å². The molecule has 1 aromatic heterocycles. The van der Waals surface area contributed by atoms with Crippen molar-refractivity contribution >= 4 is 18.0 Å². The molecule has 2 aliphatic carbocycles. The van der Waals surface area contributed by atoms with E-state index in [0.717, 1.165) is 12.8 Å². The van der Waals surface area contributed by atoms with E-state index in [4.69, 9.17) is 4.42 Å². The van der Waals surface area contributed by atoms with E-state index in [-0.39, 0.29) is 28.9 Å². The number of hydrazone groups is 1. The van der Waals surface area contributed by atoms with E-state index in [1.54, 1.807) is 0 Å². The molecular weight excluding hydrogens is 274 g/mol. The molecule has 7 heteroatoms. The normalized spacial score (nSPS) is 30.9. The Hall–Kier alpha value is -2.18. The zero-order valence-electron chi connectivity index (χ0n) is 11.7. The molecule has 112 valence electrons.